The number of hydrogen-bond acceptors (Lipinski definition) is 3. The lowest BCUT2D eigenvalue weighted by Crippen LogP contribution is -1.97. The minimum Gasteiger partial charge on any atom is -0.390 e. The highest BCUT2D eigenvalue weighted by Crippen LogP contribution is 2.46. The molecule has 0 unspecified atom stereocenters. The number of Topliss-reactive ketones (excluding diaryl/α,β-unsaturated/α-hetero) is 1. The van der Waals surface area contributed by atoms with E-state index in [4.69, 9.17) is 5.73 Å². The Balaban J connectivity index is 2.30. The minimum atomic E-state index is -0.240. The van der Waals surface area contributed by atoms with Crippen molar-refractivity contribution < 1.29 is 9.18 Å². The number of fused-ring (bicyclic) bond motifs is 3. The molecule has 1 heterocycles. The van der Waals surface area contributed by atoms with E-state index in [1.165, 1.54) is 30.4 Å². The van der Waals surface area contributed by atoms with Crippen LogP contribution in [0.25, 0.3) is 11.1 Å². The monoisotopic (exact) mass is 247 g/mol. The SMILES string of the molecule is CC(=O)c1c(N)sc2c1-c1ccc(F)cc1C2. The molecule has 2 aromatic rings. The van der Waals surface area contributed by atoms with Crippen molar-refractivity contribution in [1.29, 1.82) is 0 Å². The van der Waals surface area contributed by atoms with E-state index in [1.807, 2.05) is 0 Å². The van der Waals surface area contributed by atoms with Gasteiger partial charge in [0.1, 0.15) is 5.82 Å². The first-order valence-corrected chi connectivity index (χ1v) is 6.10. The van der Waals surface area contributed by atoms with Crippen molar-refractivity contribution in [3.63, 3.8) is 0 Å². The van der Waals surface area contributed by atoms with Crippen molar-refractivity contribution in [3.05, 3.63) is 40.0 Å². The first kappa shape index (κ1) is 10.5. The molecule has 4 heteroatoms. The van der Waals surface area contributed by atoms with Crippen molar-refractivity contribution >= 4 is 22.1 Å². The quantitative estimate of drug-likeness (QED) is 0.671. The van der Waals surface area contributed by atoms with E-state index in [0.29, 0.717) is 17.0 Å². The van der Waals surface area contributed by atoms with Crippen LogP contribution in [-0.2, 0) is 6.42 Å². The summed E-state index contributed by atoms with van der Waals surface area (Å²) in [5.41, 5.74) is 9.25. The Morgan fingerprint density at radius 3 is 2.94 bits per heavy atom. The van der Waals surface area contributed by atoms with Gasteiger partial charge in [-0.1, -0.05) is 6.07 Å². The summed E-state index contributed by atoms with van der Waals surface area (Å²) in [6, 6.07) is 4.68. The Morgan fingerprint density at radius 1 is 1.47 bits per heavy atom. The maximum absolute atomic E-state index is 13.1. The molecule has 0 spiro atoms. The van der Waals surface area contributed by atoms with Crippen molar-refractivity contribution in [1.82, 2.24) is 0 Å². The smallest absolute Gasteiger partial charge is 0.163 e. The Hall–Kier alpha value is -1.68. The Morgan fingerprint density at radius 2 is 2.24 bits per heavy atom. The maximum atomic E-state index is 13.1. The molecule has 86 valence electrons. The summed E-state index contributed by atoms with van der Waals surface area (Å²) in [7, 11) is 0. The largest absolute Gasteiger partial charge is 0.390 e. The lowest BCUT2D eigenvalue weighted by molar-refractivity contribution is 0.101. The van der Waals surface area contributed by atoms with Gasteiger partial charge < -0.3 is 5.73 Å². The molecule has 1 aliphatic rings. The van der Waals surface area contributed by atoms with Crippen molar-refractivity contribution in [2.45, 2.75) is 13.3 Å². The third kappa shape index (κ3) is 1.41. The second kappa shape index (κ2) is 3.40. The van der Waals surface area contributed by atoms with Gasteiger partial charge in [-0.3, -0.25) is 4.79 Å². The van der Waals surface area contributed by atoms with E-state index in [9.17, 15) is 9.18 Å². The molecule has 2 N–H and O–H groups in total. The molecule has 0 atom stereocenters. The molecule has 2 nitrogen and oxygen atoms in total. The third-order valence-corrected chi connectivity index (χ3v) is 4.07. The summed E-state index contributed by atoms with van der Waals surface area (Å²) in [5.74, 6) is -0.270. The highest BCUT2D eigenvalue weighted by molar-refractivity contribution is 7.17. The van der Waals surface area contributed by atoms with E-state index in [-0.39, 0.29) is 11.6 Å². The van der Waals surface area contributed by atoms with Crippen LogP contribution in [0.2, 0.25) is 0 Å². The molecule has 0 radical (unpaired) electrons. The second-order valence-electron chi connectivity index (χ2n) is 4.17. The predicted octanol–water partition coefficient (Wildman–Crippen LogP) is 3.24. The van der Waals surface area contributed by atoms with Gasteiger partial charge >= 0.3 is 0 Å². The van der Waals surface area contributed by atoms with Gasteiger partial charge in [0, 0.05) is 16.9 Å². The molecule has 0 fully saturated rings. The van der Waals surface area contributed by atoms with Gasteiger partial charge in [0.15, 0.2) is 5.78 Å². The molecule has 1 aromatic heterocycles. The van der Waals surface area contributed by atoms with Gasteiger partial charge in [-0.2, -0.15) is 0 Å². The van der Waals surface area contributed by atoms with Crippen LogP contribution in [0.5, 0.6) is 0 Å². The molecular formula is C13H10FNOS. The van der Waals surface area contributed by atoms with Crippen LogP contribution in [0.3, 0.4) is 0 Å². The number of ketones is 1. The number of anilines is 1. The zero-order valence-electron chi connectivity index (χ0n) is 9.21. The summed E-state index contributed by atoms with van der Waals surface area (Å²) < 4.78 is 13.1. The molecule has 1 aromatic carbocycles. The fraction of sp³-hybridized carbons (Fsp3) is 0.154. The van der Waals surface area contributed by atoms with Gasteiger partial charge in [-0.05, 0) is 30.2 Å². The lowest BCUT2D eigenvalue weighted by atomic mass is 10.0. The summed E-state index contributed by atoms with van der Waals surface area (Å²) >= 11 is 1.43. The average Bonchev–Trinajstić information content (AvgIpc) is 2.70. The van der Waals surface area contributed by atoms with Gasteiger partial charge in [-0.15, -0.1) is 11.3 Å². The summed E-state index contributed by atoms with van der Waals surface area (Å²) in [4.78, 5) is 12.7. The third-order valence-electron chi connectivity index (χ3n) is 3.05. The van der Waals surface area contributed by atoms with Gasteiger partial charge in [-0.25, -0.2) is 4.39 Å². The lowest BCUT2D eigenvalue weighted by Gasteiger charge is -2.03. The normalized spacial score (nSPS) is 12.4. The predicted molar refractivity (Wildman–Crippen MR) is 66.9 cm³/mol. The number of thiophene rings is 1. The summed E-state index contributed by atoms with van der Waals surface area (Å²) in [6.07, 6.45) is 0.671. The molecule has 0 bridgehead atoms. The van der Waals surface area contributed by atoms with E-state index in [2.05, 4.69) is 0 Å². The van der Waals surface area contributed by atoms with E-state index >= 15 is 0 Å². The minimum absolute atomic E-state index is 0.0304. The maximum Gasteiger partial charge on any atom is 0.163 e. The zero-order chi connectivity index (χ0) is 12.2. The van der Waals surface area contributed by atoms with Crippen LogP contribution >= 0.6 is 11.3 Å². The van der Waals surface area contributed by atoms with Crippen LogP contribution in [0.4, 0.5) is 9.39 Å². The fourth-order valence-electron chi connectivity index (χ4n) is 2.38. The molecule has 3 rings (SSSR count). The number of nitrogen functional groups attached to an aromatic ring is 1. The van der Waals surface area contributed by atoms with Crippen molar-refractivity contribution in [2.75, 3.05) is 5.73 Å². The van der Waals surface area contributed by atoms with E-state index in [0.717, 1.165) is 21.6 Å². The Labute approximate surface area is 102 Å². The molecule has 0 saturated heterocycles. The molecule has 1 aliphatic carbocycles. The van der Waals surface area contributed by atoms with Crippen LogP contribution in [0.1, 0.15) is 27.7 Å². The highest BCUT2D eigenvalue weighted by Gasteiger charge is 2.28. The average molecular weight is 247 g/mol. The number of nitrogens with two attached hydrogens (primary N) is 1. The standard InChI is InChI=1S/C13H10FNOS/c1-6(16)11-12-9-3-2-8(14)4-7(9)5-10(12)17-13(11)15/h2-4H,5,15H2,1H3. The van der Waals surface area contributed by atoms with Crippen molar-refractivity contribution in [2.24, 2.45) is 0 Å². The second-order valence-corrected chi connectivity index (χ2v) is 5.31. The topological polar surface area (TPSA) is 43.1 Å². The number of benzene rings is 1. The zero-order valence-corrected chi connectivity index (χ0v) is 10.0. The Kier molecular flexibility index (Phi) is 2.10. The van der Waals surface area contributed by atoms with Crippen LogP contribution in [0.15, 0.2) is 18.2 Å². The van der Waals surface area contributed by atoms with Crippen molar-refractivity contribution in [3.8, 4) is 11.1 Å². The first-order chi connectivity index (χ1) is 8.08. The summed E-state index contributed by atoms with van der Waals surface area (Å²) in [5, 5.41) is 0.567. The van der Waals surface area contributed by atoms with Crippen LogP contribution < -0.4 is 5.73 Å². The number of halogens is 1. The van der Waals surface area contributed by atoms with E-state index in [1.54, 1.807) is 6.07 Å². The highest BCUT2D eigenvalue weighted by atomic mass is 32.1. The summed E-state index contributed by atoms with van der Waals surface area (Å²) in [6.45, 7) is 1.51. The number of hydrogen-bond donors (Lipinski definition) is 1. The number of rotatable bonds is 1. The molecule has 17 heavy (non-hydrogen) atoms. The number of carbonyl (C=O) groups excluding carboxylic acids is 1. The van der Waals surface area contributed by atoms with Gasteiger partial charge in [0.25, 0.3) is 0 Å². The molecule has 0 aliphatic heterocycles. The molecule has 0 saturated carbocycles. The van der Waals surface area contributed by atoms with E-state index < -0.39 is 0 Å². The Bertz CT molecular complexity index is 645. The van der Waals surface area contributed by atoms with Crippen LogP contribution in [-0.4, -0.2) is 5.78 Å². The number of carbonyl (C=O) groups is 1. The van der Waals surface area contributed by atoms with Gasteiger partial charge in [0.05, 0.1) is 10.6 Å². The molecular weight excluding hydrogens is 237 g/mol. The fourth-order valence-corrected chi connectivity index (χ4v) is 3.54. The van der Waals surface area contributed by atoms with Gasteiger partial charge in [0.2, 0.25) is 0 Å². The van der Waals surface area contributed by atoms with Crippen LogP contribution in [0, 0.1) is 5.82 Å². The first-order valence-electron chi connectivity index (χ1n) is 5.29. The molecule has 0 amide bonds.